The van der Waals surface area contributed by atoms with E-state index in [4.69, 9.17) is 4.42 Å². The maximum absolute atomic E-state index is 11.4. The Morgan fingerprint density at radius 2 is 2.05 bits per heavy atom. The van der Waals surface area contributed by atoms with Crippen LogP contribution >= 0.6 is 27.7 Å². The van der Waals surface area contributed by atoms with Crippen LogP contribution in [0.5, 0.6) is 0 Å². The van der Waals surface area contributed by atoms with Gasteiger partial charge in [0, 0.05) is 16.1 Å². The van der Waals surface area contributed by atoms with E-state index in [1.54, 1.807) is 12.1 Å². The Labute approximate surface area is 127 Å². The molecular weight excluding hydrogens is 342 g/mol. The molecule has 2 heterocycles. The Hall–Kier alpha value is -1.79. The zero-order valence-electron chi connectivity index (χ0n) is 10.1. The highest BCUT2D eigenvalue weighted by Gasteiger charge is 2.25. The highest BCUT2D eigenvalue weighted by Crippen LogP contribution is 2.29. The highest BCUT2D eigenvalue weighted by atomic mass is 79.9. The third-order valence-electron chi connectivity index (χ3n) is 2.65. The van der Waals surface area contributed by atoms with Crippen molar-refractivity contribution in [3.63, 3.8) is 0 Å². The van der Waals surface area contributed by atoms with Gasteiger partial charge in [0.05, 0.1) is 4.91 Å². The van der Waals surface area contributed by atoms with Crippen LogP contribution in [0.4, 0.5) is 4.79 Å². The number of nitrogens with one attached hydrogen (secondary N) is 1. The SMILES string of the molecule is O=C1NC(=O)/C(=C/c2ccc(-c3cccc(Br)c3)o2)S1. The van der Waals surface area contributed by atoms with E-state index in [1.165, 1.54) is 0 Å². The molecule has 0 spiro atoms. The molecule has 1 aromatic heterocycles. The van der Waals surface area contributed by atoms with Gasteiger partial charge < -0.3 is 4.42 Å². The summed E-state index contributed by atoms with van der Waals surface area (Å²) in [6.07, 6.45) is 1.56. The first kappa shape index (κ1) is 13.2. The highest BCUT2D eigenvalue weighted by molar-refractivity contribution is 9.10. The molecule has 1 aromatic carbocycles. The lowest BCUT2D eigenvalue weighted by molar-refractivity contribution is -0.115. The zero-order valence-corrected chi connectivity index (χ0v) is 12.5. The van der Waals surface area contributed by atoms with E-state index < -0.39 is 0 Å². The first-order valence-corrected chi connectivity index (χ1v) is 7.33. The maximum atomic E-state index is 11.4. The number of amides is 2. The van der Waals surface area contributed by atoms with Gasteiger partial charge in [0.25, 0.3) is 11.1 Å². The number of benzene rings is 1. The molecule has 0 unspecified atom stereocenters. The summed E-state index contributed by atoms with van der Waals surface area (Å²) in [6.45, 7) is 0. The minimum Gasteiger partial charge on any atom is -0.457 e. The lowest BCUT2D eigenvalue weighted by Gasteiger charge is -1.97. The maximum Gasteiger partial charge on any atom is 0.290 e. The monoisotopic (exact) mass is 349 g/mol. The summed E-state index contributed by atoms with van der Waals surface area (Å²) in [5, 5.41) is 1.84. The molecule has 0 atom stereocenters. The van der Waals surface area contributed by atoms with Crippen molar-refractivity contribution in [2.24, 2.45) is 0 Å². The van der Waals surface area contributed by atoms with Crippen molar-refractivity contribution in [2.45, 2.75) is 0 Å². The molecule has 1 saturated heterocycles. The molecule has 2 aromatic rings. The van der Waals surface area contributed by atoms with Gasteiger partial charge in [-0.2, -0.15) is 0 Å². The predicted molar refractivity (Wildman–Crippen MR) is 81.0 cm³/mol. The molecular formula is C14H8BrNO3S. The van der Waals surface area contributed by atoms with E-state index in [0.717, 1.165) is 21.8 Å². The fraction of sp³-hybridized carbons (Fsp3) is 0. The summed E-state index contributed by atoms with van der Waals surface area (Å²) in [4.78, 5) is 22.9. The van der Waals surface area contributed by atoms with Gasteiger partial charge in [-0.05, 0) is 36.0 Å². The fourth-order valence-electron chi connectivity index (χ4n) is 1.78. The van der Waals surface area contributed by atoms with Crippen LogP contribution in [0, 0.1) is 0 Å². The molecule has 0 bridgehead atoms. The molecule has 4 nitrogen and oxygen atoms in total. The molecule has 2 amide bonds. The normalized spacial score (nSPS) is 16.8. The third-order valence-corrected chi connectivity index (χ3v) is 3.96. The van der Waals surface area contributed by atoms with Crippen molar-refractivity contribution in [3.8, 4) is 11.3 Å². The largest absolute Gasteiger partial charge is 0.457 e. The van der Waals surface area contributed by atoms with Gasteiger partial charge >= 0.3 is 0 Å². The second kappa shape index (κ2) is 5.30. The lowest BCUT2D eigenvalue weighted by atomic mass is 10.2. The van der Waals surface area contributed by atoms with Crippen LogP contribution in [0.2, 0.25) is 0 Å². The molecule has 1 N–H and O–H groups in total. The Kier molecular flexibility index (Phi) is 3.50. The van der Waals surface area contributed by atoms with E-state index in [0.29, 0.717) is 16.4 Å². The number of hydrogen-bond donors (Lipinski definition) is 1. The van der Waals surface area contributed by atoms with E-state index in [9.17, 15) is 9.59 Å². The van der Waals surface area contributed by atoms with E-state index in [2.05, 4.69) is 21.2 Å². The van der Waals surface area contributed by atoms with E-state index >= 15 is 0 Å². The molecule has 1 fully saturated rings. The second-order valence-corrected chi connectivity index (χ2v) is 6.00. The first-order chi connectivity index (χ1) is 9.61. The number of imide groups is 1. The molecule has 0 aliphatic carbocycles. The Bertz CT molecular complexity index is 736. The molecule has 6 heteroatoms. The van der Waals surface area contributed by atoms with Crippen LogP contribution < -0.4 is 5.32 Å². The van der Waals surface area contributed by atoms with Crippen LogP contribution in [0.25, 0.3) is 17.4 Å². The Balaban J connectivity index is 1.89. The van der Waals surface area contributed by atoms with Crippen LogP contribution in [-0.2, 0) is 4.79 Å². The summed E-state index contributed by atoms with van der Waals surface area (Å²) >= 11 is 4.27. The first-order valence-electron chi connectivity index (χ1n) is 5.72. The van der Waals surface area contributed by atoms with Gasteiger partial charge in [-0.15, -0.1) is 0 Å². The molecule has 100 valence electrons. The van der Waals surface area contributed by atoms with Crippen molar-refractivity contribution < 1.29 is 14.0 Å². The van der Waals surface area contributed by atoms with Gasteiger partial charge in [-0.3, -0.25) is 14.9 Å². The summed E-state index contributed by atoms with van der Waals surface area (Å²) in [5.41, 5.74) is 0.934. The standard InChI is InChI=1S/C14H8BrNO3S/c15-9-3-1-2-8(6-9)11-5-4-10(19-11)7-12-13(17)16-14(18)20-12/h1-7H,(H,16,17,18)/b12-7-. The predicted octanol–water partition coefficient (Wildman–Crippen LogP) is 4.03. The molecule has 0 radical (unpaired) electrons. The van der Waals surface area contributed by atoms with E-state index in [-0.39, 0.29) is 11.1 Å². The van der Waals surface area contributed by atoms with E-state index in [1.807, 2.05) is 30.3 Å². The van der Waals surface area contributed by atoms with Gasteiger partial charge in [0.1, 0.15) is 11.5 Å². The number of halogens is 1. The topological polar surface area (TPSA) is 59.3 Å². The summed E-state index contributed by atoms with van der Waals surface area (Å²) < 4.78 is 6.63. The summed E-state index contributed by atoms with van der Waals surface area (Å²) in [6, 6.07) is 11.3. The van der Waals surface area contributed by atoms with Gasteiger partial charge in [-0.1, -0.05) is 28.1 Å². The number of thioether (sulfide) groups is 1. The average molecular weight is 350 g/mol. The Morgan fingerprint density at radius 1 is 1.20 bits per heavy atom. The Morgan fingerprint density at radius 3 is 2.75 bits per heavy atom. The minimum atomic E-state index is -0.389. The number of rotatable bonds is 2. The molecule has 3 rings (SSSR count). The van der Waals surface area contributed by atoms with Crippen LogP contribution in [0.3, 0.4) is 0 Å². The number of carbonyl (C=O) groups excluding carboxylic acids is 2. The fourth-order valence-corrected chi connectivity index (χ4v) is 2.84. The third kappa shape index (κ3) is 2.71. The number of hydrogen-bond acceptors (Lipinski definition) is 4. The van der Waals surface area contributed by atoms with Crippen LogP contribution in [-0.4, -0.2) is 11.1 Å². The average Bonchev–Trinajstić information content (AvgIpc) is 2.97. The van der Waals surface area contributed by atoms with Crippen LogP contribution in [0.15, 0.2) is 50.2 Å². The number of furan rings is 1. The van der Waals surface area contributed by atoms with Crippen molar-refractivity contribution in [2.75, 3.05) is 0 Å². The van der Waals surface area contributed by atoms with Gasteiger partial charge in [0.2, 0.25) is 0 Å². The van der Waals surface area contributed by atoms with Crippen LogP contribution in [0.1, 0.15) is 5.76 Å². The van der Waals surface area contributed by atoms with Crippen molar-refractivity contribution >= 4 is 44.9 Å². The summed E-state index contributed by atoms with van der Waals surface area (Å²) in [5.74, 6) is 0.848. The van der Waals surface area contributed by atoms with Crippen molar-refractivity contribution in [1.82, 2.24) is 5.32 Å². The summed E-state index contributed by atoms with van der Waals surface area (Å²) in [7, 11) is 0. The van der Waals surface area contributed by atoms with Crippen molar-refractivity contribution in [3.05, 3.63) is 51.5 Å². The molecule has 0 saturated carbocycles. The molecule has 1 aliphatic rings. The van der Waals surface area contributed by atoms with Gasteiger partial charge in [0.15, 0.2) is 0 Å². The zero-order chi connectivity index (χ0) is 14.1. The number of carbonyl (C=O) groups is 2. The molecule has 1 aliphatic heterocycles. The quantitative estimate of drug-likeness (QED) is 0.831. The minimum absolute atomic E-state index is 0.338. The van der Waals surface area contributed by atoms with Gasteiger partial charge in [-0.25, -0.2) is 0 Å². The van der Waals surface area contributed by atoms with Crippen molar-refractivity contribution in [1.29, 1.82) is 0 Å². The second-order valence-electron chi connectivity index (χ2n) is 4.06. The smallest absolute Gasteiger partial charge is 0.290 e. The molecule has 20 heavy (non-hydrogen) atoms. The lowest BCUT2D eigenvalue weighted by Crippen LogP contribution is -2.17.